The number of halogens is 1. The molecule has 0 aliphatic carbocycles. The van der Waals surface area contributed by atoms with E-state index in [-0.39, 0.29) is 41.6 Å². The van der Waals surface area contributed by atoms with Crippen LogP contribution >= 0.6 is 11.6 Å². The molecule has 1 atom stereocenters. The average molecular weight is 481 g/mol. The molecule has 0 bridgehead atoms. The smallest absolute Gasteiger partial charge is 0.246 e. The minimum atomic E-state index is -3.78. The Morgan fingerprint density at radius 3 is 2.44 bits per heavy atom. The fourth-order valence-corrected chi connectivity index (χ4v) is 5.63. The van der Waals surface area contributed by atoms with Crippen LogP contribution in [0.5, 0.6) is 11.5 Å². The molecular formula is C23H29ClN2O5S. The summed E-state index contributed by atoms with van der Waals surface area (Å²) >= 11 is 6.04. The molecule has 7 nitrogen and oxygen atoms in total. The Labute approximate surface area is 194 Å². The van der Waals surface area contributed by atoms with Crippen molar-refractivity contribution in [2.45, 2.75) is 37.6 Å². The number of amides is 1. The third kappa shape index (κ3) is 5.54. The van der Waals surface area contributed by atoms with Crippen molar-refractivity contribution >= 4 is 27.5 Å². The summed E-state index contributed by atoms with van der Waals surface area (Å²) in [4.78, 5) is 12.8. The van der Waals surface area contributed by atoms with Gasteiger partial charge in [0.05, 0.1) is 19.8 Å². The van der Waals surface area contributed by atoms with Crippen LogP contribution in [-0.4, -0.2) is 45.4 Å². The number of ether oxygens (including phenoxy) is 2. The maximum atomic E-state index is 13.2. The van der Waals surface area contributed by atoms with Gasteiger partial charge in [-0.3, -0.25) is 4.79 Å². The summed E-state index contributed by atoms with van der Waals surface area (Å²) in [6.07, 6.45) is 0.899. The molecule has 1 aliphatic heterocycles. The van der Waals surface area contributed by atoms with Gasteiger partial charge in [0.2, 0.25) is 15.9 Å². The van der Waals surface area contributed by atoms with Crippen LogP contribution in [0, 0.1) is 5.92 Å². The van der Waals surface area contributed by atoms with Gasteiger partial charge in [-0.15, -0.1) is 0 Å². The van der Waals surface area contributed by atoms with Gasteiger partial charge in [-0.1, -0.05) is 23.7 Å². The number of benzene rings is 2. The third-order valence-electron chi connectivity index (χ3n) is 5.62. The average Bonchev–Trinajstić information content (AvgIpc) is 2.80. The van der Waals surface area contributed by atoms with E-state index in [4.69, 9.17) is 21.1 Å². The third-order valence-corrected chi connectivity index (χ3v) is 7.78. The normalized spacial score (nSPS) is 16.4. The molecule has 1 amide bonds. The Morgan fingerprint density at radius 2 is 1.84 bits per heavy atom. The van der Waals surface area contributed by atoms with Gasteiger partial charge in [-0.25, -0.2) is 8.42 Å². The minimum absolute atomic E-state index is 0.0582. The first-order valence-electron chi connectivity index (χ1n) is 10.6. The Kier molecular flexibility index (Phi) is 8.03. The Balaban J connectivity index is 1.63. The number of rotatable bonds is 8. The number of carbonyl (C=O) groups is 1. The highest BCUT2D eigenvalue weighted by Gasteiger charge is 2.34. The largest absolute Gasteiger partial charge is 0.497 e. The zero-order chi connectivity index (χ0) is 23.3. The number of carbonyl (C=O) groups excluding carboxylic acids is 1. The zero-order valence-electron chi connectivity index (χ0n) is 18.5. The monoisotopic (exact) mass is 480 g/mol. The zero-order valence-corrected chi connectivity index (χ0v) is 20.1. The number of hydrogen-bond acceptors (Lipinski definition) is 5. The maximum absolute atomic E-state index is 13.2. The van der Waals surface area contributed by atoms with Gasteiger partial charge in [0.25, 0.3) is 0 Å². The van der Waals surface area contributed by atoms with Crippen LogP contribution in [0.3, 0.4) is 0 Å². The number of nitrogens with zero attached hydrogens (tertiary/aromatic N) is 1. The van der Waals surface area contributed by atoms with Gasteiger partial charge in [-0.2, -0.15) is 4.31 Å². The molecular weight excluding hydrogens is 452 g/mol. The molecule has 1 fully saturated rings. The Hall–Kier alpha value is -2.29. The number of piperidine rings is 1. The summed E-state index contributed by atoms with van der Waals surface area (Å²) in [6.45, 7) is 4.58. The fourth-order valence-electron chi connectivity index (χ4n) is 3.76. The van der Waals surface area contributed by atoms with Crippen molar-refractivity contribution in [3.63, 3.8) is 0 Å². The molecule has 3 rings (SSSR count). The van der Waals surface area contributed by atoms with Crippen molar-refractivity contribution in [1.82, 2.24) is 9.62 Å². The highest BCUT2D eigenvalue weighted by Crippen LogP contribution is 2.32. The van der Waals surface area contributed by atoms with E-state index in [1.54, 1.807) is 26.2 Å². The molecule has 1 heterocycles. The van der Waals surface area contributed by atoms with E-state index in [1.807, 2.05) is 31.2 Å². The molecule has 0 saturated carbocycles. The number of nitrogens with one attached hydrogen (secondary N) is 1. The van der Waals surface area contributed by atoms with Crippen molar-refractivity contribution in [3.8, 4) is 11.5 Å². The molecule has 0 spiro atoms. The van der Waals surface area contributed by atoms with E-state index in [9.17, 15) is 13.2 Å². The van der Waals surface area contributed by atoms with Crippen LogP contribution in [0.2, 0.25) is 5.02 Å². The van der Waals surface area contributed by atoms with Gasteiger partial charge >= 0.3 is 0 Å². The van der Waals surface area contributed by atoms with E-state index in [0.717, 1.165) is 11.3 Å². The lowest BCUT2D eigenvalue weighted by Gasteiger charge is -2.31. The van der Waals surface area contributed by atoms with Crippen LogP contribution in [-0.2, 0) is 14.8 Å². The van der Waals surface area contributed by atoms with Gasteiger partial charge in [0.15, 0.2) is 0 Å². The second-order valence-corrected chi connectivity index (χ2v) is 10.0. The van der Waals surface area contributed by atoms with E-state index >= 15 is 0 Å². The lowest BCUT2D eigenvalue weighted by molar-refractivity contribution is -0.126. The quantitative estimate of drug-likeness (QED) is 0.616. The number of methoxy groups -OCH3 is 1. The molecule has 2 aromatic carbocycles. The predicted octanol–water partition coefficient (Wildman–Crippen LogP) is 4.03. The van der Waals surface area contributed by atoms with Crippen LogP contribution in [0.15, 0.2) is 47.4 Å². The van der Waals surface area contributed by atoms with E-state index in [1.165, 1.54) is 10.4 Å². The molecule has 0 unspecified atom stereocenters. The maximum Gasteiger partial charge on any atom is 0.246 e. The molecule has 2 aromatic rings. The molecule has 1 saturated heterocycles. The first-order chi connectivity index (χ1) is 15.3. The van der Waals surface area contributed by atoms with Crippen molar-refractivity contribution < 1.29 is 22.7 Å². The fraction of sp³-hybridized carbons (Fsp3) is 0.435. The minimum Gasteiger partial charge on any atom is -0.497 e. The lowest BCUT2D eigenvalue weighted by atomic mass is 9.96. The standard InChI is InChI=1S/C23H29ClN2O5S/c1-4-31-21-10-7-19(24)15-22(21)32(28,29)26-13-11-18(12-14-26)23(27)25-16(2)17-5-8-20(30-3)9-6-17/h5-10,15-16,18H,4,11-14H2,1-3H3,(H,25,27)/t16-/m0/s1. The summed E-state index contributed by atoms with van der Waals surface area (Å²) < 4.78 is 38.5. The highest BCUT2D eigenvalue weighted by molar-refractivity contribution is 7.89. The summed E-state index contributed by atoms with van der Waals surface area (Å²) in [7, 11) is -2.17. The van der Waals surface area contributed by atoms with Crippen LogP contribution in [0.1, 0.15) is 38.3 Å². The second-order valence-electron chi connectivity index (χ2n) is 7.71. The number of sulfonamides is 1. The molecule has 32 heavy (non-hydrogen) atoms. The van der Waals surface area contributed by atoms with Gasteiger partial charge in [0.1, 0.15) is 16.4 Å². The summed E-state index contributed by atoms with van der Waals surface area (Å²) in [5, 5.41) is 3.36. The van der Waals surface area contributed by atoms with E-state index in [0.29, 0.717) is 24.5 Å². The lowest BCUT2D eigenvalue weighted by Crippen LogP contribution is -2.43. The van der Waals surface area contributed by atoms with Crippen LogP contribution in [0.4, 0.5) is 0 Å². The van der Waals surface area contributed by atoms with Gasteiger partial charge in [0, 0.05) is 24.0 Å². The second kappa shape index (κ2) is 10.6. The first kappa shape index (κ1) is 24.4. The summed E-state index contributed by atoms with van der Waals surface area (Å²) in [6, 6.07) is 12.0. The highest BCUT2D eigenvalue weighted by atomic mass is 35.5. The Morgan fingerprint density at radius 1 is 1.19 bits per heavy atom. The first-order valence-corrected chi connectivity index (χ1v) is 12.4. The van der Waals surface area contributed by atoms with Crippen molar-refractivity contribution in [1.29, 1.82) is 0 Å². The van der Waals surface area contributed by atoms with Crippen molar-refractivity contribution in [3.05, 3.63) is 53.1 Å². The van der Waals surface area contributed by atoms with E-state index in [2.05, 4.69) is 5.32 Å². The SMILES string of the molecule is CCOc1ccc(Cl)cc1S(=O)(=O)N1CCC(C(=O)N[C@@H](C)c2ccc(OC)cc2)CC1. The molecule has 0 aromatic heterocycles. The predicted molar refractivity (Wildman–Crippen MR) is 124 cm³/mol. The Bertz CT molecular complexity index is 1030. The summed E-state index contributed by atoms with van der Waals surface area (Å²) in [5.74, 6) is 0.731. The van der Waals surface area contributed by atoms with Crippen molar-refractivity contribution in [2.24, 2.45) is 5.92 Å². The number of hydrogen-bond donors (Lipinski definition) is 1. The topological polar surface area (TPSA) is 84.9 Å². The van der Waals surface area contributed by atoms with Gasteiger partial charge < -0.3 is 14.8 Å². The summed E-state index contributed by atoms with van der Waals surface area (Å²) in [5.41, 5.74) is 0.976. The molecule has 0 radical (unpaired) electrons. The van der Waals surface area contributed by atoms with E-state index < -0.39 is 10.0 Å². The molecule has 1 N–H and O–H groups in total. The van der Waals surface area contributed by atoms with Gasteiger partial charge in [-0.05, 0) is 62.6 Å². The molecule has 9 heteroatoms. The van der Waals surface area contributed by atoms with Crippen LogP contribution < -0.4 is 14.8 Å². The molecule has 174 valence electrons. The molecule has 1 aliphatic rings. The van der Waals surface area contributed by atoms with Crippen molar-refractivity contribution in [2.75, 3.05) is 26.8 Å². The van der Waals surface area contributed by atoms with Crippen LogP contribution in [0.25, 0.3) is 0 Å².